The van der Waals surface area contributed by atoms with E-state index in [1.54, 1.807) is 42.0 Å². The number of carbonyl (C=O) groups excluding carboxylic acids is 1. The van der Waals surface area contributed by atoms with Crippen molar-refractivity contribution in [2.24, 2.45) is 5.10 Å². The number of hydrogen-bond acceptors (Lipinski definition) is 7. The minimum Gasteiger partial charge on any atom is -0.455 e. The standard InChI is InChI=1S/C33H28FN7O4S/c1-36-33(42)30-21-14-20(24-10-9-18-11-13-41-26-8-4-6-23(34)19(26)15-28(41)31(18)38-24)27(40(2)46(3,43)44)16-29(21)45-32(30)22-17-37-39-25(22)7-5-12-35/h4-10,12,14-17,35H,11,13H2,1-3H3,(H,36,42)(H,37,39)/p+1. The second kappa shape index (κ2) is 10.9. The van der Waals surface area contributed by atoms with E-state index in [9.17, 15) is 17.6 Å². The van der Waals surface area contributed by atoms with Gasteiger partial charge in [0.1, 0.15) is 17.0 Å². The highest BCUT2D eigenvalue weighted by Crippen LogP contribution is 2.42. The van der Waals surface area contributed by atoms with Crippen LogP contribution in [-0.2, 0) is 23.0 Å². The maximum atomic E-state index is 14.8. The number of rotatable bonds is 7. The van der Waals surface area contributed by atoms with E-state index in [0.717, 1.165) is 33.5 Å². The van der Waals surface area contributed by atoms with Crippen LogP contribution in [-0.4, -0.2) is 56.7 Å². The summed E-state index contributed by atoms with van der Waals surface area (Å²) in [6.07, 6.45) is 7.73. The molecule has 0 bridgehead atoms. The fourth-order valence-electron chi connectivity index (χ4n) is 6.11. The molecule has 3 aromatic heterocycles. The quantitative estimate of drug-likeness (QED) is 0.182. The van der Waals surface area contributed by atoms with E-state index in [1.807, 2.05) is 18.2 Å². The van der Waals surface area contributed by atoms with Gasteiger partial charge in [-0.1, -0.05) is 17.2 Å². The molecule has 1 amide bonds. The number of allylic oxidation sites excluding steroid dienone is 3. The lowest BCUT2D eigenvalue weighted by Crippen LogP contribution is -2.73. The molecule has 2 aromatic carbocycles. The van der Waals surface area contributed by atoms with Gasteiger partial charge in [-0.05, 0) is 48.4 Å². The number of quaternary nitrogens is 1. The number of aryl methyl sites for hydroxylation is 2. The number of amides is 1. The zero-order valence-electron chi connectivity index (χ0n) is 25.1. The molecule has 232 valence electrons. The highest BCUT2D eigenvalue weighted by Gasteiger charge is 2.30. The minimum atomic E-state index is -3.73. The molecule has 0 saturated heterocycles. The second-order valence-corrected chi connectivity index (χ2v) is 13.1. The number of benzene rings is 2. The van der Waals surface area contributed by atoms with Gasteiger partial charge in [-0.15, -0.1) is 0 Å². The van der Waals surface area contributed by atoms with E-state index in [-0.39, 0.29) is 17.1 Å². The highest BCUT2D eigenvalue weighted by atomic mass is 32.2. The smallest absolute Gasteiger partial charge is 0.255 e. The summed E-state index contributed by atoms with van der Waals surface area (Å²) in [4.78, 5) is 18.4. The molecule has 0 saturated carbocycles. The number of nitrogens with zero attached hydrogens (tertiary/aromatic N) is 4. The van der Waals surface area contributed by atoms with Crippen LogP contribution in [0.1, 0.15) is 21.7 Å². The second-order valence-electron chi connectivity index (χ2n) is 11.1. The Bertz CT molecular complexity index is 2330. The monoisotopic (exact) mass is 638 g/mol. The van der Waals surface area contributed by atoms with Crippen molar-refractivity contribution in [3.8, 4) is 22.6 Å². The number of aromatic nitrogens is 2. The summed E-state index contributed by atoms with van der Waals surface area (Å²) in [5.41, 5.74) is 7.79. The third-order valence-corrected chi connectivity index (χ3v) is 9.63. The average Bonchev–Trinajstić information content (AvgIpc) is 3.77. The van der Waals surface area contributed by atoms with Crippen molar-refractivity contribution >= 4 is 61.5 Å². The number of carbonyl (C=O) groups is 1. The van der Waals surface area contributed by atoms with Crippen LogP contribution < -0.4 is 15.0 Å². The number of fused-ring (bicyclic) bond motifs is 6. The Morgan fingerprint density at radius 3 is 2.78 bits per heavy atom. The molecule has 11 nitrogen and oxygen atoms in total. The van der Waals surface area contributed by atoms with Gasteiger partial charge in [0.25, 0.3) is 5.91 Å². The van der Waals surface area contributed by atoms with E-state index >= 15 is 0 Å². The van der Waals surface area contributed by atoms with Crippen LogP contribution in [0.2, 0.25) is 0 Å². The summed E-state index contributed by atoms with van der Waals surface area (Å²) < 4.78 is 50.0. The Morgan fingerprint density at radius 2 is 2.02 bits per heavy atom. The number of hydrogen-bond donors (Lipinski definition) is 3. The molecule has 4 N–H and O–H groups in total. The van der Waals surface area contributed by atoms with Gasteiger partial charge in [0.2, 0.25) is 10.0 Å². The van der Waals surface area contributed by atoms with Crippen molar-refractivity contribution in [2.45, 2.75) is 13.0 Å². The number of anilines is 1. The third kappa shape index (κ3) is 4.63. The van der Waals surface area contributed by atoms with Crippen LogP contribution in [0.15, 0.2) is 75.9 Å². The first-order valence-corrected chi connectivity index (χ1v) is 16.3. The molecule has 0 aliphatic carbocycles. The molecule has 13 heteroatoms. The first kappa shape index (κ1) is 29.3. The van der Waals surface area contributed by atoms with Crippen molar-refractivity contribution in [1.29, 1.82) is 5.41 Å². The summed E-state index contributed by atoms with van der Waals surface area (Å²) in [6.45, 7) is 0.672. The molecule has 2 aliphatic heterocycles. The van der Waals surface area contributed by atoms with Crippen molar-refractivity contribution in [2.75, 3.05) is 24.7 Å². The van der Waals surface area contributed by atoms with Crippen LogP contribution in [0.3, 0.4) is 0 Å². The van der Waals surface area contributed by atoms with Gasteiger partial charge in [-0.2, -0.15) is 5.43 Å². The number of sulfonamides is 1. The molecular formula is C33H29FN7O4S+. The molecule has 5 heterocycles. The number of furan rings is 1. The Kier molecular flexibility index (Phi) is 6.94. The number of halogens is 1. The van der Waals surface area contributed by atoms with E-state index in [0.29, 0.717) is 63.2 Å². The van der Waals surface area contributed by atoms with Gasteiger partial charge >= 0.3 is 0 Å². The van der Waals surface area contributed by atoms with Crippen molar-refractivity contribution < 1.29 is 27.4 Å². The molecule has 0 atom stereocenters. The molecule has 0 radical (unpaired) electrons. The molecular weight excluding hydrogens is 609 g/mol. The third-order valence-electron chi connectivity index (χ3n) is 8.44. The largest absolute Gasteiger partial charge is 0.455 e. The Balaban J connectivity index is 1.49. The fourth-order valence-corrected chi connectivity index (χ4v) is 6.61. The van der Waals surface area contributed by atoms with E-state index in [2.05, 4.69) is 15.0 Å². The van der Waals surface area contributed by atoms with Crippen LogP contribution >= 0.6 is 0 Å². The molecule has 46 heavy (non-hydrogen) atoms. The van der Waals surface area contributed by atoms with Crippen LogP contribution in [0.25, 0.3) is 50.1 Å². The van der Waals surface area contributed by atoms with E-state index in [1.165, 1.54) is 26.2 Å². The van der Waals surface area contributed by atoms with Crippen molar-refractivity contribution in [1.82, 2.24) is 14.9 Å². The lowest BCUT2D eigenvalue weighted by molar-refractivity contribution is -0.603. The van der Waals surface area contributed by atoms with Crippen LogP contribution in [0.5, 0.6) is 0 Å². The summed E-state index contributed by atoms with van der Waals surface area (Å²) in [6, 6.07) is 13.9. The molecule has 7 rings (SSSR count). The molecule has 0 spiro atoms. The summed E-state index contributed by atoms with van der Waals surface area (Å²) in [5.74, 6) is -0.461. The highest BCUT2D eigenvalue weighted by molar-refractivity contribution is 7.92. The Labute approximate surface area is 263 Å². The van der Waals surface area contributed by atoms with Gasteiger partial charge in [0.15, 0.2) is 11.5 Å². The van der Waals surface area contributed by atoms with Crippen LogP contribution in [0, 0.1) is 11.2 Å². The lowest BCUT2D eigenvalue weighted by atomic mass is 9.98. The van der Waals surface area contributed by atoms with Gasteiger partial charge in [0.05, 0.1) is 46.3 Å². The van der Waals surface area contributed by atoms with Gasteiger partial charge in [-0.25, -0.2) is 17.8 Å². The maximum absolute atomic E-state index is 14.8. The normalized spacial score (nSPS) is 14.3. The topological polar surface area (TPSA) is 150 Å². The van der Waals surface area contributed by atoms with Gasteiger partial charge in [0, 0.05) is 55.3 Å². The molecule has 0 unspecified atom stereocenters. The maximum Gasteiger partial charge on any atom is 0.255 e. The SMILES string of the molecule is CNC(=O)c1c(C2=C(C=CC=N)[NH2+]N=C2)oc2cc(N(C)S(C)(=O)=O)c(-c3ccc4c(n3)-c3cc5c(F)cccc5n3CC4)cc12. The predicted octanol–water partition coefficient (Wildman–Crippen LogP) is 4.05. The van der Waals surface area contributed by atoms with Gasteiger partial charge < -0.3 is 19.7 Å². The first-order valence-electron chi connectivity index (χ1n) is 14.4. The van der Waals surface area contributed by atoms with Gasteiger partial charge in [-0.3, -0.25) is 9.10 Å². The number of nitrogens with two attached hydrogens (primary N) is 1. The summed E-state index contributed by atoms with van der Waals surface area (Å²) in [7, 11) is -0.763. The molecule has 0 fully saturated rings. The minimum absolute atomic E-state index is 0.248. The Hall–Kier alpha value is -5.40. The van der Waals surface area contributed by atoms with E-state index in [4.69, 9.17) is 14.8 Å². The number of nitrogens with one attached hydrogen (secondary N) is 2. The predicted molar refractivity (Wildman–Crippen MR) is 176 cm³/mol. The first-order chi connectivity index (χ1) is 22.1. The van der Waals surface area contributed by atoms with Crippen LogP contribution in [0.4, 0.5) is 10.1 Å². The zero-order valence-corrected chi connectivity index (χ0v) is 25.9. The Morgan fingerprint density at radius 1 is 1.20 bits per heavy atom. The summed E-state index contributed by atoms with van der Waals surface area (Å²) in [5, 5.41) is 15.2. The average molecular weight is 639 g/mol. The van der Waals surface area contributed by atoms with Crippen molar-refractivity contribution in [3.63, 3.8) is 0 Å². The molecule has 2 aliphatic rings. The van der Waals surface area contributed by atoms with Crippen molar-refractivity contribution in [3.05, 3.63) is 89.1 Å². The zero-order chi connectivity index (χ0) is 32.3. The lowest BCUT2D eigenvalue weighted by Gasteiger charge is -2.23. The summed E-state index contributed by atoms with van der Waals surface area (Å²) >= 11 is 0. The molecule has 5 aromatic rings. The fraction of sp³-hybridized carbons (Fsp3) is 0.152. The van der Waals surface area contributed by atoms with E-state index < -0.39 is 15.9 Å². The number of pyridine rings is 1.